The number of hydrogen-bond donors (Lipinski definition) is 1. The monoisotopic (exact) mass is 184 g/mol. The van der Waals surface area contributed by atoms with Crippen LogP contribution in [-0.4, -0.2) is 37.6 Å². The van der Waals surface area contributed by atoms with E-state index in [2.05, 4.69) is 24.1 Å². The first-order valence-electron chi connectivity index (χ1n) is 5.65. The summed E-state index contributed by atoms with van der Waals surface area (Å²) in [5.41, 5.74) is 0. The fourth-order valence-corrected chi connectivity index (χ4v) is 2.06. The third-order valence-corrected chi connectivity index (χ3v) is 3.31. The molecule has 0 amide bonds. The standard InChI is InChI=1S/C11H24N2/c1-4-11-5-7-13(8-6-11)9-10(2)12-3/h10-12H,4-9H2,1-3H3. The smallest absolute Gasteiger partial charge is 0.0163 e. The molecular weight excluding hydrogens is 160 g/mol. The van der Waals surface area contributed by atoms with Gasteiger partial charge in [-0.25, -0.2) is 0 Å². The summed E-state index contributed by atoms with van der Waals surface area (Å²) in [6.45, 7) is 8.41. The van der Waals surface area contributed by atoms with Crippen LogP contribution in [0.2, 0.25) is 0 Å². The molecule has 1 aliphatic rings. The summed E-state index contributed by atoms with van der Waals surface area (Å²) in [4.78, 5) is 2.59. The fourth-order valence-electron chi connectivity index (χ4n) is 2.06. The van der Waals surface area contributed by atoms with Crippen LogP contribution in [0.15, 0.2) is 0 Å². The van der Waals surface area contributed by atoms with Gasteiger partial charge in [-0.2, -0.15) is 0 Å². The van der Waals surface area contributed by atoms with Crippen molar-refractivity contribution in [2.45, 2.75) is 39.2 Å². The molecule has 1 unspecified atom stereocenters. The van der Waals surface area contributed by atoms with Gasteiger partial charge in [0.05, 0.1) is 0 Å². The van der Waals surface area contributed by atoms with Crippen molar-refractivity contribution in [3.63, 3.8) is 0 Å². The van der Waals surface area contributed by atoms with Crippen molar-refractivity contribution in [1.29, 1.82) is 0 Å². The summed E-state index contributed by atoms with van der Waals surface area (Å²) in [6.07, 6.45) is 4.19. The van der Waals surface area contributed by atoms with Crippen LogP contribution in [0.4, 0.5) is 0 Å². The molecule has 0 aliphatic carbocycles. The Morgan fingerprint density at radius 3 is 2.46 bits per heavy atom. The zero-order valence-corrected chi connectivity index (χ0v) is 9.34. The highest BCUT2D eigenvalue weighted by atomic mass is 15.1. The van der Waals surface area contributed by atoms with Gasteiger partial charge >= 0.3 is 0 Å². The van der Waals surface area contributed by atoms with E-state index in [1.807, 2.05) is 7.05 Å². The van der Waals surface area contributed by atoms with E-state index in [9.17, 15) is 0 Å². The first kappa shape index (κ1) is 11.0. The fraction of sp³-hybridized carbons (Fsp3) is 1.00. The van der Waals surface area contributed by atoms with Gasteiger partial charge in [0.1, 0.15) is 0 Å². The van der Waals surface area contributed by atoms with E-state index >= 15 is 0 Å². The third-order valence-electron chi connectivity index (χ3n) is 3.31. The molecule has 1 heterocycles. The highest BCUT2D eigenvalue weighted by Crippen LogP contribution is 2.19. The molecule has 1 atom stereocenters. The maximum atomic E-state index is 3.30. The summed E-state index contributed by atoms with van der Waals surface area (Å²) >= 11 is 0. The number of piperidine rings is 1. The van der Waals surface area contributed by atoms with E-state index in [1.165, 1.54) is 38.9 Å². The van der Waals surface area contributed by atoms with Crippen molar-refractivity contribution in [2.24, 2.45) is 5.92 Å². The van der Waals surface area contributed by atoms with E-state index in [4.69, 9.17) is 0 Å². The Balaban J connectivity index is 2.17. The predicted octanol–water partition coefficient (Wildman–Crippen LogP) is 1.72. The maximum absolute atomic E-state index is 3.30. The molecule has 0 aromatic heterocycles. The minimum absolute atomic E-state index is 0.637. The molecule has 78 valence electrons. The van der Waals surface area contributed by atoms with E-state index in [-0.39, 0.29) is 0 Å². The van der Waals surface area contributed by atoms with Crippen molar-refractivity contribution < 1.29 is 0 Å². The van der Waals surface area contributed by atoms with Gasteiger partial charge in [0.25, 0.3) is 0 Å². The Labute approximate surface area is 82.7 Å². The molecular formula is C11H24N2. The van der Waals surface area contributed by atoms with E-state index in [1.54, 1.807) is 0 Å². The first-order chi connectivity index (χ1) is 6.26. The van der Waals surface area contributed by atoms with Crippen molar-refractivity contribution in [3.8, 4) is 0 Å². The van der Waals surface area contributed by atoms with Gasteiger partial charge < -0.3 is 10.2 Å². The molecule has 0 spiro atoms. The molecule has 2 nitrogen and oxygen atoms in total. The maximum Gasteiger partial charge on any atom is 0.0163 e. The number of nitrogens with one attached hydrogen (secondary N) is 1. The molecule has 0 radical (unpaired) electrons. The number of likely N-dealkylation sites (tertiary alicyclic amines) is 1. The normalized spacial score (nSPS) is 23.3. The Kier molecular flexibility index (Phi) is 4.74. The predicted molar refractivity (Wildman–Crippen MR) is 58.0 cm³/mol. The molecule has 1 saturated heterocycles. The molecule has 0 bridgehead atoms. The molecule has 0 aromatic carbocycles. The van der Waals surface area contributed by atoms with E-state index in [0.717, 1.165) is 5.92 Å². The average Bonchev–Trinajstić information content (AvgIpc) is 2.19. The van der Waals surface area contributed by atoms with Crippen LogP contribution in [0.25, 0.3) is 0 Å². The number of likely N-dealkylation sites (N-methyl/N-ethyl adjacent to an activating group) is 1. The van der Waals surface area contributed by atoms with Gasteiger partial charge in [-0.05, 0) is 45.8 Å². The topological polar surface area (TPSA) is 15.3 Å². The zero-order valence-electron chi connectivity index (χ0n) is 9.34. The van der Waals surface area contributed by atoms with Gasteiger partial charge in [-0.3, -0.25) is 0 Å². The Bertz CT molecular complexity index is 128. The average molecular weight is 184 g/mol. The van der Waals surface area contributed by atoms with Gasteiger partial charge in [-0.15, -0.1) is 0 Å². The van der Waals surface area contributed by atoms with Crippen LogP contribution < -0.4 is 5.32 Å². The quantitative estimate of drug-likeness (QED) is 0.715. The third kappa shape index (κ3) is 3.65. The van der Waals surface area contributed by atoms with Crippen LogP contribution >= 0.6 is 0 Å². The molecule has 1 N–H and O–H groups in total. The van der Waals surface area contributed by atoms with Crippen molar-refractivity contribution in [1.82, 2.24) is 10.2 Å². The highest BCUT2D eigenvalue weighted by molar-refractivity contribution is 4.74. The van der Waals surface area contributed by atoms with Crippen molar-refractivity contribution in [2.75, 3.05) is 26.7 Å². The van der Waals surface area contributed by atoms with Gasteiger partial charge in [0, 0.05) is 12.6 Å². The molecule has 0 aromatic rings. The summed E-state index contributed by atoms with van der Waals surface area (Å²) in [7, 11) is 2.05. The lowest BCUT2D eigenvalue weighted by Crippen LogP contribution is -2.41. The Hall–Kier alpha value is -0.0800. The SMILES string of the molecule is CCC1CCN(CC(C)NC)CC1. The largest absolute Gasteiger partial charge is 0.316 e. The molecule has 1 fully saturated rings. The number of rotatable bonds is 4. The lowest BCUT2D eigenvalue weighted by Gasteiger charge is -2.33. The molecule has 2 heteroatoms. The van der Waals surface area contributed by atoms with E-state index < -0.39 is 0 Å². The lowest BCUT2D eigenvalue weighted by atomic mass is 9.94. The Morgan fingerprint density at radius 1 is 1.38 bits per heavy atom. The number of nitrogens with zero attached hydrogens (tertiary/aromatic N) is 1. The van der Waals surface area contributed by atoms with E-state index in [0.29, 0.717) is 6.04 Å². The second kappa shape index (κ2) is 5.61. The van der Waals surface area contributed by atoms with Crippen LogP contribution in [0.5, 0.6) is 0 Å². The van der Waals surface area contributed by atoms with Crippen LogP contribution in [0.1, 0.15) is 33.1 Å². The van der Waals surface area contributed by atoms with Gasteiger partial charge in [-0.1, -0.05) is 13.3 Å². The van der Waals surface area contributed by atoms with Crippen LogP contribution in [0.3, 0.4) is 0 Å². The number of hydrogen-bond acceptors (Lipinski definition) is 2. The zero-order chi connectivity index (χ0) is 9.68. The van der Waals surface area contributed by atoms with Crippen LogP contribution in [0, 0.1) is 5.92 Å². The minimum atomic E-state index is 0.637. The second-order valence-corrected chi connectivity index (χ2v) is 4.34. The summed E-state index contributed by atoms with van der Waals surface area (Å²) in [5, 5.41) is 3.30. The second-order valence-electron chi connectivity index (χ2n) is 4.34. The summed E-state index contributed by atoms with van der Waals surface area (Å²) in [6, 6.07) is 0.637. The van der Waals surface area contributed by atoms with Crippen molar-refractivity contribution >= 4 is 0 Å². The Morgan fingerprint density at radius 2 is 2.00 bits per heavy atom. The summed E-state index contributed by atoms with van der Waals surface area (Å²) in [5.74, 6) is 1.00. The van der Waals surface area contributed by atoms with Gasteiger partial charge in [0.2, 0.25) is 0 Å². The molecule has 1 rings (SSSR count). The lowest BCUT2D eigenvalue weighted by molar-refractivity contribution is 0.170. The highest BCUT2D eigenvalue weighted by Gasteiger charge is 2.18. The van der Waals surface area contributed by atoms with Gasteiger partial charge in [0.15, 0.2) is 0 Å². The summed E-state index contributed by atoms with van der Waals surface area (Å²) < 4.78 is 0. The van der Waals surface area contributed by atoms with Crippen LogP contribution in [-0.2, 0) is 0 Å². The molecule has 0 saturated carbocycles. The van der Waals surface area contributed by atoms with Crippen molar-refractivity contribution in [3.05, 3.63) is 0 Å². The minimum Gasteiger partial charge on any atom is -0.316 e. The molecule has 13 heavy (non-hydrogen) atoms. The molecule has 1 aliphatic heterocycles. The first-order valence-corrected chi connectivity index (χ1v) is 5.65.